The van der Waals surface area contributed by atoms with Gasteiger partial charge in [0.25, 0.3) is 0 Å². The van der Waals surface area contributed by atoms with Crippen molar-refractivity contribution in [2.75, 3.05) is 23.8 Å². The summed E-state index contributed by atoms with van der Waals surface area (Å²) in [5.74, 6) is -0.0193. The summed E-state index contributed by atoms with van der Waals surface area (Å²) in [7, 11) is 0. The summed E-state index contributed by atoms with van der Waals surface area (Å²) in [5.41, 5.74) is 2.29. The van der Waals surface area contributed by atoms with Crippen LogP contribution in [-0.4, -0.2) is 35.3 Å². The summed E-state index contributed by atoms with van der Waals surface area (Å²) in [4.78, 5) is 16.5. The molecule has 2 aromatic carbocycles. The van der Waals surface area contributed by atoms with Crippen LogP contribution in [0.15, 0.2) is 41.4 Å². The first-order valence-corrected chi connectivity index (χ1v) is 9.48. The number of halogens is 2. The van der Waals surface area contributed by atoms with Gasteiger partial charge in [-0.25, -0.2) is 4.39 Å². The second kappa shape index (κ2) is 8.18. The summed E-state index contributed by atoms with van der Waals surface area (Å²) in [5, 5.41) is 14.2. The van der Waals surface area contributed by atoms with Gasteiger partial charge in [-0.3, -0.25) is 9.89 Å². The van der Waals surface area contributed by atoms with Crippen LogP contribution in [-0.2, 0) is 9.53 Å². The van der Waals surface area contributed by atoms with E-state index in [-0.39, 0.29) is 29.2 Å². The predicted molar refractivity (Wildman–Crippen MR) is 111 cm³/mol. The number of hydrogen-bond donors (Lipinski definition) is 3. The lowest BCUT2D eigenvalue weighted by atomic mass is 10.0. The molecular weight excluding hydrogens is 397 g/mol. The summed E-state index contributed by atoms with van der Waals surface area (Å²) in [6, 6.07) is 9.84. The van der Waals surface area contributed by atoms with Crippen LogP contribution in [0.4, 0.5) is 15.9 Å². The van der Waals surface area contributed by atoms with Gasteiger partial charge in [-0.1, -0.05) is 17.7 Å². The van der Waals surface area contributed by atoms with Crippen molar-refractivity contribution in [3.8, 4) is 0 Å². The number of ether oxygens (including phenoxy) is 1. The van der Waals surface area contributed by atoms with Gasteiger partial charge < -0.3 is 15.4 Å². The first-order chi connectivity index (χ1) is 14.0. The van der Waals surface area contributed by atoms with Crippen LogP contribution in [0.2, 0.25) is 5.02 Å². The molecule has 0 radical (unpaired) electrons. The number of carbonyl (C=O) groups excluding carboxylic acids is 1. The van der Waals surface area contributed by atoms with E-state index in [1.165, 1.54) is 18.2 Å². The maximum atomic E-state index is 13.7. The Labute approximate surface area is 171 Å². The average molecular weight is 416 g/mol. The number of benzene rings is 2. The van der Waals surface area contributed by atoms with E-state index < -0.39 is 5.82 Å². The van der Waals surface area contributed by atoms with Crippen LogP contribution in [0.1, 0.15) is 12.0 Å². The summed E-state index contributed by atoms with van der Waals surface area (Å²) < 4.78 is 18.8. The molecule has 4 rings (SSSR count). The smallest absolute Gasteiger partial charge is 0.249 e. The van der Waals surface area contributed by atoms with Crippen molar-refractivity contribution >= 4 is 45.9 Å². The third kappa shape index (κ3) is 4.72. The molecule has 1 saturated heterocycles. The fourth-order valence-corrected chi connectivity index (χ4v) is 3.23. The molecule has 1 fully saturated rings. The number of anilines is 2. The van der Waals surface area contributed by atoms with Gasteiger partial charge in [-0.05, 0) is 42.8 Å². The van der Waals surface area contributed by atoms with Gasteiger partial charge in [-0.2, -0.15) is 10.1 Å². The molecule has 0 atom stereocenters. The fraction of sp³-hybridized carbons (Fsp3) is 0.250. The number of fused-ring (bicyclic) bond motifs is 1. The zero-order valence-corrected chi connectivity index (χ0v) is 16.4. The fourth-order valence-electron chi connectivity index (χ4n) is 3.01. The molecule has 29 heavy (non-hydrogen) atoms. The van der Waals surface area contributed by atoms with E-state index in [1.54, 1.807) is 0 Å². The first-order valence-electron chi connectivity index (χ1n) is 9.10. The Balaban J connectivity index is 1.61. The summed E-state index contributed by atoms with van der Waals surface area (Å²) in [6.07, 6.45) is 0.275. The van der Waals surface area contributed by atoms with Crippen LogP contribution >= 0.6 is 11.6 Å². The SMILES string of the molecule is Cc1ccc2c(N/C(=N\C(=O)CC3COC3)Nc3cc(F)cc(Cl)c3)n[nH]c2c1. The molecule has 7 nitrogen and oxygen atoms in total. The summed E-state index contributed by atoms with van der Waals surface area (Å²) >= 11 is 5.93. The highest BCUT2D eigenvalue weighted by molar-refractivity contribution is 6.31. The van der Waals surface area contributed by atoms with Crippen LogP contribution < -0.4 is 10.6 Å². The van der Waals surface area contributed by atoms with E-state index >= 15 is 0 Å². The highest BCUT2D eigenvalue weighted by atomic mass is 35.5. The number of aryl methyl sites for hydroxylation is 1. The van der Waals surface area contributed by atoms with Gasteiger partial charge >= 0.3 is 0 Å². The van der Waals surface area contributed by atoms with Crippen LogP contribution in [0.3, 0.4) is 0 Å². The van der Waals surface area contributed by atoms with Crippen LogP contribution in [0.25, 0.3) is 10.9 Å². The van der Waals surface area contributed by atoms with E-state index in [0.29, 0.717) is 24.7 Å². The molecule has 1 aliphatic heterocycles. The van der Waals surface area contributed by atoms with Crippen molar-refractivity contribution in [2.24, 2.45) is 10.9 Å². The number of amides is 1. The standard InChI is InChI=1S/C20H19ClFN5O2/c1-11-2-3-16-17(4-11)26-27-19(16)25-20(24-18(28)5-12-9-29-10-12)23-15-7-13(21)6-14(22)8-15/h2-4,6-8,12H,5,9-10H2,1H3,(H3,23,24,25,26,27,28). The molecule has 0 bridgehead atoms. The average Bonchev–Trinajstić information content (AvgIpc) is 2.99. The molecule has 0 aliphatic carbocycles. The van der Waals surface area contributed by atoms with Crippen molar-refractivity contribution in [1.82, 2.24) is 10.2 Å². The molecular formula is C20H19ClFN5O2. The monoisotopic (exact) mass is 415 g/mol. The Kier molecular flexibility index (Phi) is 5.46. The van der Waals surface area contributed by atoms with E-state index in [2.05, 4.69) is 25.8 Å². The van der Waals surface area contributed by atoms with E-state index in [1.807, 2.05) is 25.1 Å². The highest BCUT2D eigenvalue weighted by Gasteiger charge is 2.22. The lowest BCUT2D eigenvalue weighted by molar-refractivity contribution is -0.123. The van der Waals surface area contributed by atoms with Gasteiger partial charge in [0, 0.05) is 28.4 Å². The predicted octanol–water partition coefficient (Wildman–Crippen LogP) is 4.11. The minimum atomic E-state index is -0.502. The van der Waals surface area contributed by atoms with Crippen molar-refractivity contribution in [1.29, 1.82) is 0 Å². The largest absolute Gasteiger partial charge is 0.381 e. The van der Waals surface area contributed by atoms with E-state index in [9.17, 15) is 9.18 Å². The molecule has 2 heterocycles. The normalized spacial score (nSPS) is 14.7. The number of aliphatic imine (C=N–C) groups is 1. The molecule has 0 saturated carbocycles. The first kappa shape index (κ1) is 19.4. The summed E-state index contributed by atoms with van der Waals surface area (Å²) in [6.45, 7) is 3.10. The number of nitrogens with zero attached hydrogens (tertiary/aromatic N) is 2. The minimum Gasteiger partial charge on any atom is -0.381 e. The quantitative estimate of drug-likeness (QED) is 0.440. The Hall–Kier alpha value is -2.97. The number of aromatic amines is 1. The molecule has 0 unspecified atom stereocenters. The second-order valence-corrected chi connectivity index (χ2v) is 7.43. The minimum absolute atomic E-state index is 0.130. The Morgan fingerprint density at radius 1 is 1.31 bits per heavy atom. The van der Waals surface area contributed by atoms with Crippen molar-refractivity contribution in [2.45, 2.75) is 13.3 Å². The maximum Gasteiger partial charge on any atom is 0.249 e. The lowest BCUT2D eigenvalue weighted by Crippen LogP contribution is -2.30. The molecule has 1 aromatic heterocycles. The zero-order valence-electron chi connectivity index (χ0n) is 15.6. The Morgan fingerprint density at radius 2 is 2.14 bits per heavy atom. The maximum absolute atomic E-state index is 13.7. The number of nitrogens with one attached hydrogen (secondary N) is 3. The molecule has 3 N–H and O–H groups in total. The van der Waals surface area contributed by atoms with Gasteiger partial charge in [0.05, 0.1) is 18.7 Å². The molecule has 150 valence electrons. The van der Waals surface area contributed by atoms with Crippen molar-refractivity contribution < 1.29 is 13.9 Å². The lowest BCUT2D eigenvalue weighted by Gasteiger charge is -2.24. The van der Waals surface area contributed by atoms with E-state index in [0.717, 1.165) is 16.5 Å². The van der Waals surface area contributed by atoms with Gasteiger partial charge in [-0.15, -0.1) is 0 Å². The molecule has 1 amide bonds. The van der Waals surface area contributed by atoms with Gasteiger partial charge in [0.1, 0.15) is 5.82 Å². The third-order valence-corrected chi connectivity index (χ3v) is 4.71. The zero-order chi connectivity index (χ0) is 20.4. The molecule has 9 heteroatoms. The molecule has 1 aliphatic rings. The van der Waals surface area contributed by atoms with Gasteiger partial charge in [0.2, 0.25) is 11.9 Å². The number of rotatable bonds is 4. The Bertz CT molecular complexity index is 1070. The van der Waals surface area contributed by atoms with Crippen LogP contribution in [0.5, 0.6) is 0 Å². The number of aromatic nitrogens is 2. The molecule has 3 aromatic rings. The number of carbonyl (C=O) groups is 1. The number of H-pyrrole nitrogens is 1. The topological polar surface area (TPSA) is 91.4 Å². The van der Waals surface area contributed by atoms with Crippen molar-refractivity contribution in [3.63, 3.8) is 0 Å². The van der Waals surface area contributed by atoms with E-state index in [4.69, 9.17) is 16.3 Å². The second-order valence-electron chi connectivity index (χ2n) is 6.99. The number of hydrogen-bond acceptors (Lipinski definition) is 3. The van der Waals surface area contributed by atoms with Crippen LogP contribution in [0, 0.1) is 18.7 Å². The molecule has 0 spiro atoms. The number of guanidine groups is 1. The van der Waals surface area contributed by atoms with Gasteiger partial charge in [0.15, 0.2) is 5.82 Å². The third-order valence-electron chi connectivity index (χ3n) is 4.49. The highest BCUT2D eigenvalue weighted by Crippen LogP contribution is 2.23. The Morgan fingerprint density at radius 3 is 2.86 bits per heavy atom. The van der Waals surface area contributed by atoms with Crippen molar-refractivity contribution in [3.05, 3.63) is 52.8 Å².